The van der Waals surface area contributed by atoms with E-state index in [0.29, 0.717) is 40.2 Å². The lowest BCUT2D eigenvalue weighted by Crippen LogP contribution is -2.34. The van der Waals surface area contributed by atoms with E-state index in [1.165, 1.54) is 19.3 Å². The summed E-state index contributed by atoms with van der Waals surface area (Å²) in [6.45, 7) is 2.76. The van der Waals surface area contributed by atoms with Crippen LogP contribution in [-0.4, -0.2) is 34.6 Å². The molecule has 1 fully saturated rings. The van der Waals surface area contributed by atoms with Gasteiger partial charge >= 0.3 is 5.63 Å². The van der Waals surface area contributed by atoms with Crippen LogP contribution in [0.3, 0.4) is 0 Å². The average Bonchev–Trinajstić information content (AvgIpc) is 2.83. The Morgan fingerprint density at radius 2 is 1.82 bits per heavy atom. The largest absolute Gasteiger partial charge is 0.422 e. The summed E-state index contributed by atoms with van der Waals surface area (Å²) in [5.41, 5.74) is 2.49. The molecule has 1 aliphatic rings. The van der Waals surface area contributed by atoms with Gasteiger partial charge in [0.1, 0.15) is 5.58 Å². The number of aromatic nitrogens is 2. The highest BCUT2D eigenvalue weighted by molar-refractivity contribution is 9.10. The molecular weight excluding hydrogens is 504 g/mol. The van der Waals surface area contributed by atoms with Gasteiger partial charge in [-0.15, -0.1) is 0 Å². The highest BCUT2D eigenvalue weighted by Crippen LogP contribution is 2.28. The van der Waals surface area contributed by atoms with Gasteiger partial charge in [-0.25, -0.2) is 14.8 Å². The topological polar surface area (TPSA) is 71.3 Å². The molecule has 6 nitrogen and oxygen atoms in total. The third-order valence-corrected chi connectivity index (χ3v) is 6.45. The van der Waals surface area contributed by atoms with Gasteiger partial charge in [0, 0.05) is 20.4 Å². The second-order valence-electron chi connectivity index (χ2n) is 8.12. The van der Waals surface area contributed by atoms with Crippen LogP contribution in [0.15, 0.2) is 68.3 Å². The van der Waals surface area contributed by atoms with E-state index in [2.05, 4.69) is 31.1 Å². The molecule has 2 aromatic heterocycles. The first kappa shape index (κ1) is 22.1. The number of hydrogen-bond acceptors (Lipinski definition) is 6. The maximum Gasteiger partial charge on any atom is 0.345 e. The molecule has 3 heterocycles. The first-order valence-electron chi connectivity index (χ1n) is 10.9. The van der Waals surface area contributed by atoms with E-state index < -0.39 is 5.63 Å². The average molecular weight is 526 g/mol. The standard InChI is InChI=1S/C25H22BrClN4O2/c26-18-7-8-23-17(11-18)13-20(24(32)33-23)22-14-21(16-5-4-6-19(27)12-16)29-25(30-22)28-15-31-9-2-1-3-10-31/h4-8,11-14H,1-3,9-10,15H2,(H,28,29,30). The molecule has 33 heavy (non-hydrogen) atoms. The molecule has 0 saturated carbocycles. The maximum atomic E-state index is 12.8. The van der Waals surface area contributed by atoms with Crippen LogP contribution in [0.25, 0.3) is 33.5 Å². The Bertz CT molecular complexity index is 1370. The fraction of sp³-hybridized carbons (Fsp3) is 0.240. The minimum Gasteiger partial charge on any atom is -0.422 e. The molecule has 0 atom stereocenters. The number of nitrogens with one attached hydrogen (secondary N) is 1. The number of anilines is 1. The molecule has 0 unspecified atom stereocenters. The molecule has 5 rings (SSSR count). The van der Waals surface area contributed by atoms with Crippen LogP contribution in [0, 0.1) is 0 Å². The minimum absolute atomic E-state index is 0.382. The molecule has 1 aliphatic heterocycles. The monoisotopic (exact) mass is 524 g/mol. The molecule has 0 bridgehead atoms. The summed E-state index contributed by atoms with van der Waals surface area (Å²) in [6, 6.07) is 16.6. The summed E-state index contributed by atoms with van der Waals surface area (Å²) in [4.78, 5) is 24.6. The molecule has 0 amide bonds. The molecule has 1 saturated heterocycles. The Morgan fingerprint density at radius 1 is 1.00 bits per heavy atom. The SMILES string of the molecule is O=c1oc2ccc(Br)cc2cc1-c1cc(-c2cccc(Cl)c2)nc(NCN2CCCCC2)n1. The van der Waals surface area contributed by atoms with E-state index in [-0.39, 0.29) is 0 Å². The predicted molar refractivity (Wildman–Crippen MR) is 136 cm³/mol. The third kappa shape index (κ3) is 5.11. The lowest BCUT2D eigenvalue weighted by molar-refractivity contribution is 0.243. The van der Waals surface area contributed by atoms with E-state index in [1.54, 1.807) is 12.1 Å². The Morgan fingerprint density at radius 3 is 2.64 bits per heavy atom. The van der Waals surface area contributed by atoms with Gasteiger partial charge in [0.05, 0.1) is 23.6 Å². The number of fused-ring (bicyclic) bond motifs is 1. The van der Waals surface area contributed by atoms with Crippen LogP contribution < -0.4 is 10.9 Å². The van der Waals surface area contributed by atoms with Gasteiger partial charge in [-0.1, -0.05) is 46.1 Å². The maximum absolute atomic E-state index is 12.8. The van der Waals surface area contributed by atoms with Gasteiger partial charge in [-0.3, -0.25) is 4.90 Å². The van der Waals surface area contributed by atoms with Crippen molar-refractivity contribution in [2.75, 3.05) is 25.1 Å². The number of nitrogens with zero attached hydrogens (tertiary/aromatic N) is 3. The third-order valence-electron chi connectivity index (χ3n) is 5.73. The Labute approximate surface area is 204 Å². The zero-order valence-corrected chi connectivity index (χ0v) is 20.2. The van der Waals surface area contributed by atoms with Crippen LogP contribution >= 0.6 is 27.5 Å². The van der Waals surface area contributed by atoms with Crippen molar-refractivity contribution in [1.29, 1.82) is 0 Å². The molecule has 1 N–H and O–H groups in total. The fourth-order valence-corrected chi connectivity index (χ4v) is 4.60. The van der Waals surface area contributed by atoms with Gasteiger partial charge in [0.25, 0.3) is 0 Å². The van der Waals surface area contributed by atoms with Crippen molar-refractivity contribution in [3.8, 4) is 22.5 Å². The quantitative estimate of drug-likeness (QED) is 0.313. The van der Waals surface area contributed by atoms with Crippen LogP contribution in [0.4, 0.5) is 5.95 Å². The van der Waals surface area contributed by atoms with Gasteiger partial charge in [-0.2, -0.15) is 0 Å². The van der Waals surface area contributed by atoms with E-state index in [1.807, 2.05) is 42.5 Å². The molecule has 4 aromatic rings. The number of likely N-dealkylation sites (tertiary alicyclic amines) is 1. The summed E-state index contributed by atoms with van der Waals surface area (Å²) < 4.78 is 6.48. The number of halogens is 2. The van der Waals surface area contributed by atoms with Crippen LogP contribution in [0.5, 0.6) is 0 Å². The van der Waals surface area contributed by atoms with E-state index >= 15 is 0 Å². The van der Waals surface area contributed by atoms with Crippen molar-refractivity contribution in [2.45, 2.75) is 19.3 Å². The number of rotatable bonds is 5. The van der Waals surface area contributed by atoms with Crippen molar-refractivity contribution in [1.82, 2.24) is 14.9 Å². The summed E-state index contributed by atoms with van der Waals surface area (Å²) in [6.07, 6.45) is 3.67. The van der Waals surface area contributed by atoms with Gasteiger partial charge in [0.15, 0.2) is 0 Å². The van der Waals surface area contributed by atoms with Crippen LogP contribution in [0.2, 0.25) is 5.02 Å². The first-order valence-corrected chi connectivity index (χ1v) is 12.1. The molecule has 0 spiro atoms. The highest BCUT2D eigenvalue weighted by Gasteiger charge is 2.15. The molecule has 2 aromatic carbocycles. The predicted octanol–water partition coefficient (Wildman–Crippen LogP) is 6.19. The Kier molecular flexibility index (Phi) is 6.44. The van der Waals surface area contributed by atoms with Crippen LogP contribution in [0.1, 0.15) is 19.3 Å². The van der Waals surface area contributed by atoms with Gasteiger partial charge < -0.3 is 9.73 Å². The Balaban J connectivity index is 1.58. The molecule has 0 radical (unpaired) electrons. The van der Waals surface area contributed by atoms with Crippen molar-refractivity contribution in [3.05, 3.63) is 74.5 Å². The second-order valence-corrected chi connectivity index (χ2v) is 9.47. The fourth-order valence-electron chi connectivity index (χ4n) is 4.03. The van der Waals surface area contributed by atoms with Crippen molar-refractivity contribution >= 4 is 44.4 Å². The summed E-state index contributed by atoms with van der Waals surface area (Å²) >= 11 is 9.70. The minimum atomic E-state index is -0.442. The van der Waals surface area contributed by atoms with Crippen molar-refractivity contribution < 1.29 is 4.42 Å². The summed E-state index contributed by atoms with van der Waals surface area (Å²) in [7, 11) is 0. The van der Waals surface area contributed by atoms with Gasteiger partial charge in [-0.05, 0) is 68.4 Å². The first-order chi connectivity index (χ1) is 16.0. The zero-order chi connectivity index (χ0) is 22.8. The summed E-state index contributed by atoms with van der Waals surface area (Å²) in [5, 5.41) is 4.77. The molecule has 0 aliphatic carbocycles. The molecule has 168 valence electrons. The van der Waals surface area contributed by atoms with E-state index in [4.69, 9.17) is 21.0 Å². The summed E-state index contributed by atoms with van der Waals surface area (Å²) in [5.74, 6) is 0.460. The van der Waals surface area contributed by atoms with E-state index in [9.17, 15) is 4.79 Å². The molecular formula is C25H22BrClN4O2. The normalized spacial score (nSPS) is 14.5. The number of hydrogen-bond donors (Lipinski definition) is 1. The highest BCUT2D eigenvalue weighted by atomic mass is 79.9. The second kappa shape index (κ2) is 9.63. The van der Waals surface area contributed by atoms with Crippen molar-refractivity contribution in [3.63, 3.8) is 0 Å². The van der Waals surface area contributed by atoms with E-state index in [0.717, 1.165) is 28.5 Å². The number of piperidine rings is 1. The molecule has 8 heteroatoms. The Hall–Kier alpha value is -2.74. The van der Waals surface area contributed by atoms with Crippen molar-refractivity contribution in [2.24, 2.45) is 0 Å². The lowest BCUT2D eigenvalue weighted by Gasteiger charge is -2.26. The van der Waals surface area contributed by atoms with Gasteiger partial charge in [0.2, 0.25) is 5.95 Å². The van der Waals surface area contributed by atoms with Crippen LogP contribution in [-0.2, 0) is 0 Å². The smallest absolute Gasteiger partial charge is 0.345 e. The number of benzene rings is 2. The zero-order valence-electron chi connectivity index (χ0n) is 17.9. The lowest BCUT2D eigenvalue weighted by atomic mass is 10.1.